The fourth-order valence-electron chi connectivity index (χ4n) is 3.89. The summed E-state index contributed by atoms with van der Waals surface area (Å²) in [5.74, 6) is 1.59. The Kier molecular flexibility index (Phi) is 11.0. The first-order valence-electron chi connectivity index (χ1n) is 10.9. The molecule has 33 heavy (non-hydrogen) atoms. The highest BCUT2D eigenvalue weighted by Crippen LogP contribution is 2.23. The Bertz CT molecular complexity index is 921. The smallest absolute Gasteiger partial charge is 0.191 e. The summed E-state index contributed by atoms with van der Waals surface area (Å²) < 4.78 is 24.0. The van der Waals surface area contributed by atoms with Crippen molar-refractivity contribution in [2.75, 3.05) is 40.9 Å². The molecule has 1 fully saturated rings. The van der Waals surface area contributed by atoms with Gasteiger partial charge in [-0.2, -0.15) is 0 Å². The monoisotopic (exact) mass is 572 g/mol. The van der Waals surface area contributed by atoms with E-state index in [-0.39, 0.29) is 41.3 Å². The van der Waals surface area contributed by atoms with Gasteiger partial charge < -0.3 is 25.2 Å². The highest BCUT2D eigenvalue weighted by atomic mass is 127. The van der Waals surface area contributed by atoms with Crippen LogP contribution in [0.15, 0.2) is 41.4 Å². The Morgan fingerprint density at radius 1 is 1.15 bits per heavy atom. The van der Waals surface area contributed by atoms with Crippen LogP contribution in [0.2, 0.25) is 0 Å². The zero-order chi connectivity index (χ0) is 22.9. The molecule has 0 spiro atoms. The van der Waals surface area contributed by atoms with E-state index in [2.05, 4.69) is 20.5 Å². The number of aliphatic imine (C=N–C) groups is 1. The lowest BCUT2D eigenvalue weighted by Gasteiger charge is -2.33. The van der Waals surface area contributed by atoms with Crippen molar-refractivity contribution in [2.45, 2.75) is 31.8 Å². The lowest BCUT2D eigenvalue weighted by Crippen LogP contribution is -2.48. The van der Waals surface area contributed by atoms with Gasteiger partial charge in [-0.1, -0.05) is 12.1 Å². The molecule has 7 nitrogen and oxygen atoms in total. The minimum atomic E-state index is -0.320. The molecular weight excluding hydrogens is 538 g/mol. The number of nitrogens with zero attached hydrogens (tertiary/aromatic N) is 2. The number of phenolic OH excluding ortho intramolecular Hbond substituents is 1. The SMILES string of the molecule is CN=C(NCCc1ccc(OC)cc1O)NC1CCN(Cc2ccc(OC)c(F)c2)CC1.I. The molecule has 0 amide bonds. The maximum Gasteiger partial charge on any atom is 0.191 e. The maximum atomic E-state index is 13.9. The Hall–Kier alpha value is -2.27. The van der Waals surface area contributed by atoms with E-state index in [1.807, 2.05) is 18.2 Å². The highest BCUT2D eigenvalue weighted by Gasteiger charge is 2.20. The molecule has 0 aromatic heterocycles. The third-order valence-electron chi connectivity index (χ3n) is 5.75. The molecule has 0 bridgehead atoms. The number of hydrogen-bond donors (Lipinski definition) is 3. The van der Waals surface area contributed by atoms with Crippen molar-refractivity contribution in [3.05, 3.63) is 53.3 Å². The predicted octanol–water partition coefficient (Wildman–Crippen LogP) is 3.54. The van der Waals surface area contributed by atoms with E-state index in [9.17, 15) is 9.50 Å². The Balaban J connectivity index is 0.00000385. The second-order valence-electron chi connectivity index (χ2n) is 7.91. The van der Waals surface area contributed by atoms with E-state index in [0.29, 0.717) is 24.8 Å². The molecule has 2 aromatic rings. The van der Waals surface area contributed by atoms with Crippen LogP contribution < -0.4 is 20.1 Å². The van der Waals surface area contributed by atoms with Gasteiger partial charge in [0.15, 0.2) is 17.5 Å². The van der Waals surface area contributed by atoms with E-state index in [1.165, 1.54) is 7.11 Å². The molecule has 3 rings (SSSR count). The third kappa shape index (κ3) is 7.92. The van der Waals surface area contributed by atoms with Gasteiger partial charge in [0.25, 0.3) is 0 Å². The van der Waals surface area contributed by atoms with E-state index in [4.69, 9.17) is 9.47 Å². The topological polar surface area (TPSA) is 78.4 Å². The normalized spacial score (nSPS) is 15.0. The number of benzene rings is 2. The first-order chi connectivity index (χ1) is 15.5. The molecule has 3 N–H and O–H groups in total. The zero-order valence-corrected chi connectivity index (χ0v) is 21.8. The van der Waals surface area contributed by atoms with Crippen molar-refractivity contribution in [1.29, 1.82) is 0 Å². The summed E-state index contributed by atoms with van der Waals surface area (Å²) in [5, 5.41) is 16.9. The molecule has 1 saturated heterocycles. The average Bonchev–Trinajstić information content (AvgIpc) is 2.80. The minimum absolute atomic E-state index is 0. The molecule has 9 heteroatoms. The summed E-state index contributed by atoms with van der Waals surface area (Å²) in [6, 6.07) is 10.8. The third-order valence-corrected chi connectivity index (χ3v) is 5.75. The van der Waals surface area contributed by atoms with Crippen molar-refractivity contribution < 1.29 is 19.0 Å². The van der Waals surface area contributed by atoms with Crippen LogP contribution in [0.3, 0.4) is 0 Å². The van der Waals surface area contributed by atoms with Gasteiger partial charge in [0.2, 0.25) is 0 Å². The van der Waals surface area contributed by atoms with Gasteiger partial charge in [-0.25, -0.2) is 4.39 Å². The molecule has 0 aliphatic carbocycles. The lowest BCUT2D eigenvalue weighted by atomic mass is 10.0. The molecule has 1 aliphatic rings. The largest absolute Gasteiger partial charge is 0.508 e. The fraction of sp³-hybridized carbons (Fsp3) is 0.458. The standard InChI is InChI=1S/C24H33FN4O3.HI/c1-26-24(27-11-8-18-5-6-20(31-2)15-22(18)30)28-19-9-12-29(13-10-19)16-17-4-7-23(32-3)21(25)14-17;/h4-7,14-15,19,30H,8-13,16H2,1-3H3,(H2,26,27,28);1H. The van der Waals surface area contributed by atoms with Gasteiger partial charge in [0.05, 0.1) is 14.2 Å². The first kappa shape index (κ1) is 27.0. The van der Waals surface area contributed by atoms with Gasteiger partial charge in [-0.3, -0.25) is 9.89 Å². The number of nitrogens with one attached hydrogen (secondary N) is 2. The molecule has 0 radical (unpaired) electrons. The Morgan fingerprint density at radius 3 is 2.52 bits per heavy atom. The number of halogens is 2. The summed E-state index contributed by atoms with van der Waals surface area (Å²) >= 11 is 0. The van der Waals surface area contributed by atoms with Gasteiger partial charge >= 0.3 is 0 Å². The van der Waals surface area contributed by atoms with Crippen LogP contribution in [0.4, 0.5) is 4.39 Å². The lowest BCUT2D eigenvalue weighted by molar-refractivity contribution is 0.198. The summed E-state index contributed by atoms with van der Waals surface area (Å²) in [4.78, 5) is 6.66. The number of rotatable bonds is 8. The van der Waals surface area contributed by atoms with Crippen molar-refractivity contribution >= 4 is 29.9 Å². The second kappa shape index (κ2) is 13.4. The Labute approximate surface area is 212 Å². The zero-order valence-electron chi connectivity index (χ0n) is 19.4. The van der Waals surface area contributed by atoms with Crippen molar-refractivity contribution in [3.8, 4) is 17.2 Å². The van der Waals surface area contributed by atoms with E-state index in [1.54, 1.807) is 32.4 Å². The average molecular weight is 572 g/mol. The summed E-state index contributed by atoms with van der Waals surface area (Å²) in [5.41, 5.74) is 1.81. The van der Waals surface area contributed by atoms with Gasteiger partial charge in [0.1, 0.15) is 11.5 Å². The van der Waals surface area contributed by atoms with Crippen molar-refractivity contribution in [1.82, 2.24) is 15.5 Å². The number of piperidine rings is 1. The Morgan fingerprint density at radius 2 is 1.91 bits per heavy atom. The van der Waals surface area contributed by atoms with Crippen LogP contribution in [-0.2, 0) is 13.0 Å². The molecule has 182 valence electrons. The van der Waals surface area contributed by atoms with E-state index >= 15 is 0 Å². The molecule has 0 unspecified atom stereocenters. The van der Waals surface area contributed by atoms with Gasteiger partial charge in [-0.05, 0) is 48.6 Å². The molecular formula is C24H34FIN4O3. The number of phenols is 1. The van der Waals surface area contributed by atoms with E-state index in [0.717, 1.165) is 49.6 Å². The maximum absolute atomic E-state index is 13.9. The first-order valence-corrected chi connectivity index (χ1v) is 10.9. The minimum Gasteiger partial charge on any atom is -0.508 e. The van der Waals surface area contributed by atoms with Gasteiger partial charge in [-0.15, -0.1) is 24.0 Å². The molecule has 0 atom stereocenters. The number of hydrogen-bond acceptors (Lipinski definition) is 5. The number of methoxy groups -OCH3 is 2. The number of ether oxygens (including phenoxy) is 2. The van der Waals surface area contributed by atoms with E-state index < -0.39 is 0 Å². The van der Waals surface area contributed by atoms with Crippen molar-refractivity contribution in [3.63, 3.8) is 0 Å². The van der Waals surface area contributed by atoms with Crippen molar-refractivity contribution in [2.24, 2.45) is 4.99 Å². The molecule has 1 aliphatic heterocycles. The number of aromatic hydroxyl groups is 1. The molecule has 0 saturated carbocycles. The van der Waals surface area contributed by atoms with Crippen LogP contribution >= 0.6 is 24.0 Å². The summed E-state index contributed by atoms with van der Waals surface area (Å²) in [7, 11) is 4.81. The number of likely N-dealkylation sites (tertiary alicyclic amines) is 1. The molecule has 1 heterocycles. The van der Waals surface area contributed by atoms with Crippen LogP contribution in [-0.4, -0.2) is 62.9 Å². The highest BCUT2D eigenvalue weighted by molar-refractivity contribution is 14.0. The van der Waals surface area contributed by atoms with Gasteiger partial charge in [0, 0.05) is 45.3 Å². The molecule has 2 aromatic carbocycles. The van der Waals surface area contributed by atoms with Crippen LogP contribution in [0.1, 0.15) is 24.0 Å². The fourth-order valence-corrected chi connectivity index (χ4v) is 3.89. The number of guanidine groups is 1. The second-order valence-corrected chi connectivity index (χ2v) is 7.91. The summed E-state index contributed by atoms with van der Waals surface area (Å²) in [6.45, 7) is 3.25. The quantitative estimate of drug-likeness (QED) is 0.255. The van der Waals surface area contributed by atoms with Crippen LogP contribution in [0.5, 0.6) is 17.2 Å². The summed E-state index contributed by atoms with van der Waals surface area (Å²) in [6.07, 6.45) is 2.64. The predicted molar refractivity (Wildman–Crippen MR) is 140 cm³/mol. The van der Waals surface area contributed by atoms with Crippen LogP contribution in [0.25, 0.3) is 0 Å². The van der Waals surface area contributed by atoms with Crippen LogP contribution in [0, 0.1) is 5.82 Å².